The lowest BCUT2D eigenvalue weighted by Gasteiger charge is -2.10. The highest BCUT2D eigenvalue weighted by Crippen LogP contribution is 2.17. The molecule has 0 atom stereocenters. The Kier molecular flexibility index (Phi) is 8.66. The standard InChI is InChI=1S/C23H29NO4/c1-3-4-5-6-7-8-9-10-19-12-11-18(13-17(19)2)16-28-22(26)15-20-14-21(25)24-23(20)27/h3,11-14H,1,4-10,15-16H2,2H3,(H,24,25,27). The van der Waals surface area contributed by atoms with Crippen LogP contribution in [0.4, 0.5) is 0 Å². The zero-order valence-electron chi connectivity index (χ0n) is 16.6. The first kappa shape index (κ1) is 21.6. The Morgan fingerprint density at radius 2 is 1.89 bits per heavy atom. The smallest absolute Gasteiger partial charge is 0.310 e. The van der Waals surface area contributed by atoms with Crippen molar-refractivity contribution in [3.05, 3.63) is 59.2 Å². The molecule has 1 aliphatic heterocycles. The molecule has 0 saturated heterocycles. The molecule has 0 radical (unpaired) electrons. The summed E-state index contributed by atoms with van der Waals surface area (Å²) < 4.78 is 5.24. The van der Waals surface area contributed by atoms with Crippen molar-refractivity contribution in [2.24, 2.45) is 0 Å². The van der Waals surface area contributed by atoms with Gasteiger partial charge in [-0.2, -0.15) is 0 Å². The number of carbonyl (C=O) groups is 3. The fraction of sp³-hybridized carbons (Fsp3) is 0.435. The molecule has 1 aliphatic rings. The summed E-state index contributed by atoms with van der Waals surface area (Å²) in [4.78, 5) is 34.4. The lowest BCUT2D eigenvalue weighted by Crippen LogP contribution is -2.23. The molecular formula is C23H29NO4. The van der Waals surface area contributed by atoms with Crippen LogP contribution in [0.3, 0.4) is 0 Å². The minimum atomic E-state index is -0.525. The molecule has 1 aromatic carbocycles. The molecule has 2 amide bonds. The molecule has 1 N–H and O–H groups in total. The van der Waals surface area contributed by atoms with E-state index in [1.54, 1.807) is 0 Å². The molecule has 0 fully saturated rings. The van der Waals surface area contributed by atoms with Crippen molar-refractivity contribution in [3.63, 3.8) is 0 Å². The molecule has 0 bridgehead atoms. The van der Waals surface area contributed by atoms with Crippen molar-refractivity contribution in [1.82, 2.24) is 5.32 Å². The number of benzene rings is 1. The second kappa shape index (κ2) is 11.2. The van der Waals surface area contributed by atoms with Gasteiger partial charge >= 0.3 is 5.97 Å². The average Bonchev–Trinajstić information content (AvgIpc) is 2.97. The summed E-state index contributed by atoms with van der Waals surface area (Å²) in [6.07, 6.45) is 11.3. The summed E-state index contributed by atoms with van der Waals surface area (Å²) in [5.41, 5.74) is 3.59. The molecule has 2 rings (SSSR count). The van der Waals surface area contributed by atoms with Gasteiger partial charge in [0.2, 0.25) is 0 Å². The summed E-state index contributed by atoms with van der Waals surface area (Å²) >= 11 is 0. The maximum atomic E-state index is 11.9. The van der Waals surface area contributed by atoms with E-state index in [9.17, 15) is 14.4 Å². The summed E-state index contributed by atoms with van der Waals surface area (Å²) in [7, 11) is 0. The number of esters is 1. The molecule has 1 heterocycles. The number of hydrogen-bond donors (Lipinski definition) is 1. The van der Waals surface area contributed by atoms with Gasteiger partial charge in [0.05, 0.1) is 6.42 Å². The lowest BCUT2D eigenvalue weighted by atomic mass is 9.99. The van der Waals surface area contributed by atoms with Crippen molar-refractivity contribution < 1.29 is 19.1 Å². The molecule has 0 aromatic heterocycles. The Morgan fingerprint density at radius 3 is 2.57 bits per heavy atom. The van der Waals surface area contributed by atoms with Crippen molar-refractivity contribution >= 4 is 17.8 Å². The highest BCUT2D eigenvalue weighted by atomic mass is 16.5. The zero-order valence-corrected chi connectivity index (χ0v) is 16.6. The Balaban J connectivity index is 1.72. The van der Waals surface area contributed by atoms with Gasteiger partial charge in [-0.1, -0.05) is 43.5 Å². The van der Waals surface area contributed by atoms with Crippen LogP contribution in [0.15, 0.2) is 42.5 Å². The van der Waals surface area contributed by atoms with Crippen LogP contribution in [0, 0.1) is 6.92 Å². The molecule has 5 heteroatoms. The number of aryl methyl sites for hydroxylation is 2. The van der Waals surface area contributed by atoms with Crippen molar-refractivity contribution in [3.8, 4) is 0 Å². The fourth-order valence-corrected chi connectivity index (χ4v) is 3.22. The van der Waals surface area contributed by atoms with Gasteiger partial charge in [-0.25, -0.2) is 0 Å². The number of imide groups is 1. The van der Waals surface area contributed by atoms with Crippen molar-refractivity contribution in [2.75, 3.05) is 0 Å². The normalized spacial score (nSPS) is 13.2. The third kappa shape index (κ3) is 7.14. The first-order chi connectivity index (χ1) is 13.5. The highest BCUT2D eigenvalue weighted by molar-refractivity contribution is 6.17. The van der Waals surface area contributed by atoms with Crippen LogP contribution in [0.5, 0.6) is 0 Å². The number of rotatable bonds is 12. The van der Waals surface area contributed by atoms with Gasteiger partial charge in [0.15, 0.2) is 0 Å². The van der Waals surface area contributed by atoms with Gasteiger partial charge in [0, 0.05) is 11.6 Å². The van der Waals surface area contributed by atoms with Gasteiger partial charge in [-0.3, -0.25) is 19.7 Å². The maximum Gasteiger partial charge on any atom is 0.310 e. The Hall–Kier alpha value is -2.69. The van der Waals surface area contributed by atoms with Crippen LogP contribution in [0.1, 0.15) is 61.6 Å². The molecule has 0 aliphatic carbocycles. The van der Waals surface area contributed by atoms with Crippen LogP contribution in [-0.4, -0.2) is 17.8 Å². The number of nitrogens with one attached hydrogen (secondary N) is 1. The van der Waals surface area contributed by atoms with E-state index in [-0.39, 0.29) is 18.6 Å². The SMILES string of the molecule is C=CCCCCCCCc1ccc(COC(=O)CC2=CC(=O)NC2=O)cc1C. The second-order valence-corrected chi connectivity index (χ2v) is 7.18. The van der Waals surface area contributed by atoms with Crippen molar-refractivity contribution in [1.29, 1.82) is 0 Å². The first-order valence-corrected chi connectivity index (χ1v) is 9.90. The fourth-order valence-electron chi connectivity index (χ4n) is 3.22. The number of amides is 2. The number of carbonyl (C=O) groups excluding carboxylic acids is 3. The molecular weight excluding hydrogens is 354 g/mol. The number of hydrogen-bond acceptors (Lipinski definition) is 4. The second-order valence-electron chi connectivity index (χ2n) is 7.18. The Morgan fingerprint density at radius 1 is 1.14 bits per heavy atom. The van der Waals surface area contributed by atoms with E-state index in [0.29, 0.717) is 0 Å². The molecule has 150 valence electrons. The van der Waals surface area contributed by atoms with E-state index in [1.807, 2.05) is 18.2 Å². The summed E-state index contributed by atoms with van der Waals surface area (Å²) in [6, 6.07) is 6.12. The molecule has 0 unspecified atom stereocenters. The topological polar surface area (TPSA) is 72.5 Å². The first-order valence-electron chi connectivity index (χ1n) is 9.90. The van der Waals surface area contributed by atoms with E-state index in [1.165, 1.54) is 43.2 Å². The van der Waals surface area contributed by atoms with E-state index >= 15 is 0 Å². The highest BCUT2D eigenvalue weighted by Gasteiger charge is 2.23. The number of allylic oxidation sites excluding steroid dienone is 1. The quantitative estimate of drug-likeness (QED) is 0.255. The maximum absolute atomic E-state index is 11.9. The van der Waals surface area contributed by atoms with E-state index in [2.05, 4.69) is 24.9 Å². The van der Waals surface area contributed by atoms with Crippen LogP contribution < -0.4 is 5.32 Å². The van der Waals surface area contributed by atoms with Crippen LogP contribution in [0.2, 0.25) is 0 Å². The largest absolute Gasteiger partial charge is 0.461 e. The molecule has 0 spiro atoms. The van der Waals surface area contributed by atoms with Crippen LogP contribution in [-0.2, 0) is 32.1 Å². The minimum absolute atomic E-state index is 0.144. The van der Waals surface area contributed by atoms with Gasteiger partial charge in [-0.15, -0.1) is 6.58 Å². The van der Waals surface area contributed by atoms with Gasteiger partial charge < -0.3 is 4.74 Å². The third-order valence-electron chi connectivity index (χ3n) is 4.83. The number of unbranched alkanes of at least 4 members (excludes halogenated alkanes) is 5. The van der Waals surface area contributed by atoms with E-state index < -0.39 is 17.8 Å². The average molecular weight is 383 g/mol. The third-order valence-corrected chi connectivity index (χ3v) is 4.83. The minimum Gasteiger partial charge on any atom is -0.461 e. The van der Waals surface area contributed by atoms with Crippen LogP contribution in [0.25, 0.3) is 0 Å². The van der Waals surface area contributed by atoms with Gasteiger partial charge in [0.1, 0.15) is 6.61 Å². The molecule has 5 nitrogen and oxygen atoms in total. The Labute approximate surface area is 166 Å². The van der Waals surface area contributed by atoms with E-state index in [0.717, 1.165) is 24.5 Å². The summed E-state index contributed by atoms with van der Waals surface area (Å²) in [6.45, 7) is 5.98. The zero-order chi connectivity index (χ0) is 20.4. The van der Waals surface area contributed by atoms with Gasteiger partial charge in [0.25, 0.3) is 11.8 Å². The molecule has 28 heavy (non-hydrogen) atoms. The van der Waals surface area contributed by atoms with E-state index in [4.69, 9.17) is 4.74 Å². The van der Waals surface area contributed by atoms with Crippen LogP contribution >= 0.6 is 0 Å². The lowest BCUT2D eigenvalue weighted by molar-refractivity contribution is -0.144. The molecule has 0 saturated carbocycles. The predicted octanol–water partition coefficient (Wildman–Crippen LogP) is 4.08. The van der Waals surface area contributed by atoms with Crippen molar-refractivity contribution in [2.45, 2.75) is 64.9 Å². The predicted molar refractivity (Wildman–Crippen MR) is 108 cm³/mol. The number of ether oxygens (including phenoxy) is 1. The molecule has 1 aromatic rings. The van der Waals surface area contributed by atoms with Gasteiger partial charge in [-0.05, 0) is 49.3 Å². The Bertz CT molecular complexity index is 764. The summed E-state index contributed by atoms with van der Waals surface area (Å²) in [5, 5.41) is 2.11. The summed E-state index contributed by atoms with van der Waals surface area (Å²) in [5.74, 6) is -1.53. The monoisotopic (exact) mass is 383 g/mol.